The summed E-state index contributed by atoms with van der Waals surface area (Å²) >= 11 is 0. The van der Waals surface area contributed by atoms with E-state index >= 15 is 0 Å². The van der Waals surface area contributed by atoms with Gasteiger partial charge in [-0.1, -0.05) is 41.6 Å². The number of amides is 1. The van der Waals surface area contributed by atoms with Crippen molar-refractivity contribution < 1.29 is 9.32 Å². The van der Waals surface area contributed by atoms with E-state index in [9.17, 15) is 4.79 Å². The monoisotopic (exact) mass is 349 g/mol. The molecule has 0 aliphatic carbocycles. The molecule has 5 nitrogen and oxygen atoms in total. The minimum absolute atomic E-state index is 0.0201. The number of nitrogens with one attached hydrogen (secondary N) is 1. The molecule has 0 radical (unpaired) electrons. The molecular weight excluding hydrogens is 326 g/mol. The van der Waals surface area contributed by atoms with Crippen LogP contribution in [-0.2, 0) is 24.2 Å². The Bertz CT molecular complexity index is 918. The second-order valence-electron chi connectivity index (χ2n) is 6.94. The van der Waals surface area contributed by atoms with Crippen molar-refractivity contribution in [1.29, 1.82) is 0 Å². The van der Waals surface area contributed by atoms with E-state index in [-0.39, 0.29) is 12.3 Å². The van der Waals surface area contributed by atoms with Gasteiger partial charge in [-0.25, -0.2) is 0 Å². The number of hydrogen-bond acceptors (Lipinski definition) is 4. The second-order valence-corrected chi connectivity index (χ2v) is 6.94. The molecule has 1 atom stereocenters. The molecule has 1 aliphatic heterocycles. The van der Waals surface area contributed by atoms with Crippen LogP contribution in [0.15, 0.2) is 53.1 Å². The van der Waals surface area contributed by atoms with Gasteiger partial charge >= 0.3 is 0 Å². The van der Waals surface area contributed by atoms with Crippen LogP contribution in [0.2, 0.25) is 0 Å². The Morgan fingerprint density at radius 2 is 1.96 bits per heavy atom. The lowest BCUT2D eigenvalue weighted by atomic mass is 9.99. The van der Waals surface area contributed by atoms with Gasteiger partial charge in [-0.05, 0) is 36.6 Å². The van der Waals surface area contributed by atoms with Gasteiger partial charge in [0.15, 0.2) is 5.58 Å². The molecule has 134 valence electrons. The topological polar surface area (TPSA) is 58.4 Å². The minimum Gasteiger partial charge on any atom is -0.356 e. The van der Waals surface area contributed by atoms with Crippen LogP contribution in [-0.4, -0.2) is 35.1 Å². The second kappa shape index (κ2) is 7.30. The molecule has 4 rings (SSSR count). The highest BCUT2D eigenvalue weighted by molar-refractivity contribution is 5.86. The van der Waals surface area contributed by atoms with E-state index in [0.29, 0.717) is 18.3 Å². The quantitative estimate of drug-likeness (QED) is 0.769. The zero-order chi connectivity index (χ0) is 17.9. The summed E-state index contributed by atoms with van der Waals surface area (Å²) in [7, 11) is 0. The zero-order valence-electron chi connectivity index (χ0n) is 14.9. The molecule has 2 heterocycles. The van der Waals surface area contributed by atoms with Crippen LogP contribution >= 0.6 is 0 Å². The van der Waals surface area contributed by atoms with E-state index in [2.05, 4.69) is 46.6 Å². The molecule has 0 fully saturated rings. The maximum atomic E-state index is 12.3. The summed E-state index contributed by atoms with van der Waals surface area (Å²) in [6.45, 7) is 4.78. The van der Waals surface area contributed by atoms with Crippen molar-refractivity contribution in [2.24, 2.45) is 0 Å². The van der Waals surface area contributed by atoms with E-state index in [1.165, 1.54) is 11.1 Å². The van der Waals surface area contributed by atoms with Crippen LogP contribution in [0.4, 0.5) is 0 Å². The summed E-state index contributed by atoms with van der Waals surface area (Å²) in [5.41, 5.74) is 4.25. The molecule has 0 saturated carbocycles. The van der Waals surface area contributed by atoms with Crippen molar-refractivity contribution in [3.05, 3.63) is 65.4 Å². The van der Waals surface area contributed by atoms with Gasteiger partial charge in [0.1, 0.15) is 5.69 Å². The Kier molecular flexibility index (Phi) is 4.71. The molecule has 0 spiro atoms. The molecule has 1 unspecified atom stereocenters. The number of rotatable bonds is 5. The predicted octanol–water partition coefficient (Wildman–Crippen LogP) is 2.93. The molecule has 1 aromatic heterocycles. The first-order valence-corrected chi connectivity index (χ1v) is 9.11. The highest BCUT2D eigenvalue weighted by Crippen LogP contribution is 2.20. The van der Waals surface area contributed by atoms with Crippen molar-refractivity contribution in [1.82, 2.24) is 15.4 Å². The molecule has 1 amide bonds. The fourth-order valence-corrected chi connectivity index (χ4v) is 3.56. The molecule has 1 N–H and O–H groups in total. The van der Waals surface area contributed by atoms with E-state index in [1.807, 2.05) is 24.3 Å². The highest BCUT2D eigenvalue weighted by Gasteiger charge is 2.21. The Balaban J connectivity index is 1.32. The first-order valence-electron chi connectivity index (χ1n) is 9.11. The van der Waals surface area contributed by atoms with E-state index in [1.54, 1.807) is 0 Å². The molecule has 2 aromatic carbocycles. The zero-order valence-corrected chi connectivity index (χ0v) is 14.9. The maximum absolute atomic E-state index is 12.3. The lowest BCUT2D eigenvalue weighted by Crippen LogP contribution is -2.44. The third-order valence-corrected chi connectivity index (χ3v) is 5.16. The number of hydrogen-bond donors (Lipinski definition) is 1. The summed E-state index contributed by atoms with van der Waals surface area (Å²) in [5.74, 6) is -0.0201. The van der Waals surface area contributed by atoms with Crippen LogP contribution < -0.4 is 5.32 Å². The molecule has 0 bridgehead atoms. The van der Waals surface area contributed by atoms with Crippen LogP contribution in [0.3, 0.4) is 0 Å². The van der Waals surface area contributed by atoms with Crippen molar-refractivity contribution in [3.8, 4) is 0 Å². The number of nitrogens with zero attached hydrogens (tertiary/aromatic N) is 2. The number of fused-ring (bicyclic) bond motifs is 2. The van der Waals surface area contributed by atoms with E-state index < -0.39 is 0 Å². The summed E-state index contributed by atoms with van der Waals surface area (Å²) in [6.07, 6.45) is 1.31. The third-order valence-electron chi connectivity index (χ3n) is 5.16. The van der Waals surface area contributed by atoms with Gasteiger partial charge < -0.3 is 9.84 Å². The number of carbonyl (C=O) groups is 1. The fraction of sp³-hybridized carbons (Fsp3) is 0.333. The van der Waals surface area contributed by atoms with Crippen molar-refractivity contribution in [3.63, 3.8) is 0 Å². The van der Waals surface area contributed by atoms with Crippen LogP contribution in [0.1, 0.15) is 23.7 Å². The van der Waals surface area contributed by atoms with Gasteiger partial charge in [0.05, 0.1) is 6.42 Å². The summed E-state index contributed by atoms with van der Waals surface area (Å²) in [5, 5.41) is 7.98. The summed E-state index contributed by atoms with van der Waals surface area (Å²) < 4.78 is 5.27. The van der Waals surface area contributed by atoms with Gasteiger partial charge in [-0.3, -0.25) is 9.69 Å². The predicted molar refractivity (Wildman–Crippen MR) is 101 cm³/mol. The molecular formula is C21H23N3O2. The lowest BCUT2D eigenvalue weighted by Gasteiger charge is -2.33. The Morgan fingerprint density at radius 1 is 1.19 bits per heavy atom. The molecule has 0 saturated heterocycles. The Labute approximate surface area is 153 Å². The van der Waals surface area contributed by atoms with Gasteiger partial charge in [-0.15, -0.1) is 0 Å². The van der Waals surface area contributed by atoms with Gasteiger partial charge in [-0.2, -0.15) is 0 Å². The smallest absolute Gasteiger partial charge is 0.226 e. The number of benzene rings is 2. The van der Waals surface area contributed by atoms with Crippen LogP contribution in [0, 0.1) is 0 Å². The summed E-state index contributed by atoms with van der Waals surface area (Å²) in [4.78, 5) is 14.8. The lowest BCUT2D eigenvalue weighted by molar-refractivity contribution is -0.120. The number of para-hydroxylation sites is 1. The largest absolute Gasteiger partial charge is 0.356 e. The molecule has 1 aliphatic rings. The molecule has 3 aromatic rings. The average molecular weight is 349 g/mol. The first kappa shape index (κ1) is 16.8. The van der Waals surface area contributed by atoms with E-state index in [4.69, 9.17) is 4.52 Å². The maximum Gasteiger partial charge on any atom is 0.226 e. The molecule has 26 heavy (non-hydrogen) atoms. The van der Waals surface area contributed by atoms with Gasteiger partial charge in [0.2, 0.25) is 5.91 Å². The fourth-order valence-electron chi connectivity index (χ4n) is 3.56. The Morgan fingerprint density at radius 3 is 2.85 bits per heavy atom. The van der Waals surface area contributed by atoms with Crippen molar-refractivity contribution in [2.45, 2.75) is 32.4 Å². The third kappa shape index (κ3) is 3.48. The highest BCUT2D eigenvalue weighted by atomic mass is 16.5. The average Bonchev–Trinajstić information content (AvgIpc) is 3.08. The van der Waals surface area contributed by atoms with Crippen molar-refractivity contribution >= 4 is 16.9 Å². The Hall–Kier alpha value is -2.66. The summed E-state index contributed by atoms with van der Waals surface area (Å²) in [6, 6.07) is 16.5. The molecule has 5 heteroatoms. The number of carbonyl (C=O) groups excluding carboxylic acids is 1. The van der Waals surface area contributed by atoms with Gasteiger partial charge in [0.25, 0.3) is 0 Å². The SMILES string of the molecule is CC(CNC(=O)Cc1noc2ccccc12)N1CCc2ccccc2C1. The standard InChI is InChI=1S/C21H23N3O2/c1-15(24-11-10-16-6-2-3-7-17(16)14-24)13-22-21(25)12-19-18-8-4-5-9-20(18)26-23-19/h2-9,15H,10-14H2,1H3,(H,22,25). The normalized spacial score (nSPS) is 15.6. The van der Waals surface area contributed by atoms with E-state index in [0.717, 1.165) is 30.5 Å². The minimum atomic E-state index is -0.0201. The van der Waals surface area contributed by atoms with Gasteiger partial charge in [0, 0.05) is 31.1 Å². The first-order chi connectivity index (χ1) is 12.7. The number of aromatic nitrogens is 1. The van der Waals surface area contributed by atoms with Crippen LogP contribution in [0.25, 0.3) is 11.0 Å². The van der Waals surface area contributed by atoms with Crippen molar-refractivity contribution in [2.75, 3.05) is 13.1 Å². The van der Waals surface area contributed by atoms with Crippen LogP contribution in [0.5, 0.6) is 0 Å².